The maximum absolute atomic E-state index is 12.6. The second kappa shape index (κ2) is 7.75. The molecule has 0 saturated carbocycles. The fourth-order valence-electron chi connectivity index (χ4n) is 3.20. The minimum atomic E-state index is -0.000584. The Balaban J connectivity index is 1.69. The van der Waals surface area contributed by atoms with Crippen molar-refractivity contribution in [3.8, 4) is 0 Å². The molecule has 0 heterocycles. The van der Waals surface area contributed by atoms with E-state index in [1.54, 1.807) is 0 Å². The summed E-state index contributed by atoms with van der Waals surface area (Å²) >= 11 is 1.89. The van der Waals surface area contributed by atoms with Gasteiger partial charge in [-0.15, -0.1) is 0 Å². The molecule has 1 unspecified atom stereocenters. The lowest BCUT2D eigenvalue weighted by Gasteiger charge is -2.26. The Morgan fingerprint density at radius 1 is 1.25 bits per heavy atom. The van der Waals surface area contributed by atoms with Gasteiger partial charge in [-0.05, 0) is 66.0 Å². The van der Waals surface area contributed by atoms with Crippen LogP contribution in [-0.4, -0.2) is 11.7 Å². The Labute approximate surface area is 148 Å². The monoisotopic (exact) mass is 340 g/mol. The number of nitrogens with two attached hydrogens (primary N) is 1. The topological polar surface area (TPSA) is 55.1 Å². The van der Waals surface area contributed by atoms with Gasteiger partial charge >= 0.3 is 0 Å². The lowest BCUT2D eigenvalue weighted by atomic mass is 9.87. The normalized spacial score (nSPS) is 16.5. The van der Waals surface area contributed by atoms with Crippen molar-refractivity contribution in [2.24, 2.45) is 0 Å². The molecule has 126 valence electrons. The molecule has 0 spiro atoms. The first-order chi connectivity index (χ1) is 11.7. The predicted octanol–water partition coefficient (Wildman–Crippen LogP) is 4.33. The van der Waals surface area contributed by atoms with Gasteiger partial charge in [0, 0.05) is 17.0 Å². The van der Waals surface area contributed by atoms with Crippen LogP contribution < -0.4 is 11.1 Å². The van der Waals surface area contributed by atoms with E-state index in [2.05, 4.69) is 18.3 Å². The van der Waals surface area contributed by atoms with Crippen molar-refractivity contribution in [1.82, 2.24) is 5.32 Å². The number of aryl methyl sites for hydroxylation is 1. The molecular formula is C20H24N2OS. The molecule has 1 atom stereocenters. The van der Waals surface area contributed by atoms with E-state index in [1.807, 2.05) is 48.2 Å². The number of thioether (sulfide) groups is 1. The zero-order chi connectivity index (χ0) is 16.9. The van der Waals surface area contributed by atoms with Crippen LogP contribution in [0.3, 0.4) is 0 Å². The molecular weight excluding hydrogens is 316 g/mol. The molecule has 1 aliphatic carbocycles. The standard InChI is InChI=1S/C20H24N2OS/c1-2-24-13-14-6-8-15(9-7-14)20(23)22-19-5-3-4-16-12-17(21)10-11-18(16)19/h6-12,19H,2-5,13,21H2,1H3,(H,22,23). The molecule has 0 radical (unpaired) electrons. The van der Waals surface area contributed by atoms with Crippen molar-refractivity contribution >= 4 is 23.4 Å². The molecule has 2 aromatic rings. The highest BCUT2D eigenvalue weighted by atomic mass is 32.2. The number of hydrogen-bond acceptors (Lipinski definition) is 3. The number of carbonyl (C=O) groups is 1. The molecule has 4 heteroatoms. The number of carbonyl (C=O) groups excluding carboxylic acids is 1. The smallest absolute Gasteiger partial charge is 0.251 e. The van der Waals surface area contributed by atoms with Crippen LogP contribution in [0.4, 0.5) is 5.69 Å². The van der Waals surface area contributed by atoms with Gasteiger partial charge in [-0.2, -0.15) is 11.8 Å². The number of fused-ring (bicyclic) bond motifs is 1. The lowest BCUT2D eigenvalue weighted by molar-refractivity contribution is 0.0933. The van der Waals surface area contributed by atoms with Gasteiger partial charge in [-0.1, -0.05) is 25.1 Å². The summed E-state index contributed by atoms with van der Waals surface area (Å²) in [6.07, 6.45) is 3.10. The van der Waals surface area contributed by atoms with Gasteiger partial charge in [0.05, 0.1) is 6.04 Å². The van der Waals surface area contributed by atoms with Crippen molar-refractivity contribution in [3.05, 3.63) is 64.7 Å². The predicted molar refractivity (Wildman–Crippen MR) is 102 cm³/mol. The van der Waals surface area contributed by atoms with Crippen LogP contribution in [0.5, 0.6) is 0 Å². The SMILES string of the molecule is CCSCc1ccc(C(=O)NC2CCCc3cc(N)ccc32)cc1. The van der Waals surface area contributed by atoms with Gasteiger partial charge in [0.1, 0.15) is 0 Å². The third-order valence-corrected chi connectivity index (χ3v) is 5.42. The number of anilines is 1. The zero-order valence-corrected chi connectivity index (χ0v) is 14.9. The molecule has 1 amide bonds. The first kappa shape index (κ1) is 16.9. The molecule has 1 aliphatic rings. The van der Waals surface area contributed by atoms with E-state index < -0.39 is 0 Å². The Morgan fingerprint density at radius 3 is 2.79 bits per heavy atom. The summed E-state index contributed by atoms with van der Waals surface area (Å²) in [4.78, 5) is 12.6. The number of benzene rings is 2. The summed E-state index contributed by atoms with van der Waals surface area (Å²) in [5.74, 6) is 2.10. The van der Waals surface area contributed by atoms with Gasteiger partial charge < -0.3 is 11.1 Å². The molecule has 0 saturated heterocycles. The van der Waals surface area contributed by atoms with Gasteiger partial charge in [0.2, 0.25) is 0 Å². The summed E-state index contributed by atoms with van der Waals surface area (Å²) in [6, 6.07) is 14.0. The largest absolute Gasteiger partial charge is 0.399 e. The van der Waals surface area contributed by atoms with E-state index in [1.165, 1.54) is 16.7 Å². The number of amides is 1. The molecule has 0 bridgehead atoms. The fourth-order valence-corrected chi connectivity index (χ4v) is 3.83. The minimum Gasteiger partial charge on any atom is -0.399 e. The molecule has 3 nitrogen and oxygen atoms in total. The van der Waals surface area contributed by atoms with Gasteiger partial charge in [-0.25, -0.2) is 0 Å². The summed E-state index contributed by atoms with van der Waals surface area (Å²) in [5, 5.41) is 3.19. The summed E-state index contributed by atoms with van der Waals surface area (Å²) in [6.45, 7) is 2.15. The molecule has 2 aromatic carbocycles. The van der Waals surface area contributed by atoms with Crippen LogP contribution in [0.15, 0.2) is 42.5 Å². The van der Waals surface area contributed by atoms with Crippen LogP contribution in [0.1, 0.15) is 52.9 Å². The molecule has 0 aliphatic heterocycles. The highest BCUT2D eigenvalue weighted by Crippen LogP contribution is 2.31. The second-order valence-electron chi connectivity index (χ2n) is 6.21. The van der Waals surface area contributed by atoms with Crippen molar-refractivity contribution in [3.63, 3.8) is 0 Å². The Kier molecular flexibility index (Phi) is 5.46. The summed E-state index contributed by atoms with van der Waals surface area (Å²) in [5.41, 5.74) is 11.1. The minimum absolute atomic E-state index is 0.000584. The maximum Gasteiger partial charge on any atom is 0.251 e. The third-order valence-electron chi connectivity index (χ3n) is 4.48. The van der Waals surface area contributed by atoms with Crippen molar-refractivity contribution in [2.75, 3.05) is 11.5 Å². The maximum atomic E-state index is 12.6. The van der Waals surface area contributed by atoms with Crippen LogP contribution in [-0.2, 0) is 12.2 Å². The van der Waals surface area contributed by atoms with Crippen molar-refractivity contribution in [1.29, 1.82) is 0 Å². The van der Waals surface area contributed by atoms with E-state index in [4.69, 9.17) is 5.73 Å². The van der Waals surface area contributed by atoms with Crippen molar-refractivity contribution in [2.45, 2.75) is 38.0 Å². The quantitative estimate of drug-likeness (QED) is 0.797. The Bertz CT molecular complexity index is 712. The molecule has 3 N–H and O–H groups in total. The summed E-state index contributed by atoms with van der Waals surface area (Å²) in [7, 11) is 0. The third kappa shape index (κ3) is 3.93. The Hall–Kier alpha value is -1.94. The fraction of sp³-hybridized carbons (Fsp3) is 0.350. The molecule has 3 rings (SSSR count). The van der Waals surface area contributed by atoms with Crippen LogP contribution in [0.2, 0.25) is 0 Å². The Morgan fingerprint density at radius 2 is 2.04 bits per heavy atom. The number of rotatable bonds is 5. The highest BCUT2D eigenvalue weighted by molar-refractivity contribution is 7.98. The van der Waals surface area contributed by atoms with E-state index in [9.17, 15) is 4.79 Å². The van der Waals surface area contributed by atoms with Crippen LogP contribution in [0, 0.1) is 0 Å². The van der Waals surface area contributed by atoms with Crippen molar-refractivity contribution < 1.29 is 4.79 Å². The number of nitrogen functional groups attached to an aromatic ring is 1. The molecule has 0 aromatic heterocycles. The highest BCUT2D eigenvalue weighted by Gasteiger charge is 2.22. The lowest BCUT2D eigenvalue weighted by Crippen LogP contribution is -2.31. The second-order valence-corrected chi connectivity index (χ2v) is 7.48. The van der Waals surface area contributed by atoms with E-state index >= 15 is 0 Å². The molecule has 0 fully saturated rings. The first-order valence-corrected chi connectivity index (χ1v) is 9.68. The van der Waals surface area contributed by atoms with Gasteiger partial charge in [0.15, 0.2) is 0 Å². The van der Waals surface area contributed by atoms with Gasteiger partial charge in [0.25, 0.3) is 5.91 Å². The number of nitrogens with one attached hydrogen (secondary N) is 1. The van der Waals surface area contributed by atoms with E-state index in [0.29, 0.717) is 0 Å². The van der Waals surface area contributed by atoms with E-state index in [0.717, 1.165) is 42.0 Å². The van der Waals surface area contributed by atoms with Crippen LogP contribution in [0.25, 0.3) is 0 Å². The number of hydrogen-bond donors (Lipinski definition) is 2. The summed E-state index contributed by atoms with van der Waals surface area (Å²) < 4.78 is 0. The average Bonchev–Trinajstić information content (AvgIpc) is 2.60. The first-order valence-electron chi connectivity index (χ1n) is 8.53. The van der Waals surface area contributed by atoms with Crippen LogP contribution >= 0.6 is 11.8 Å². The van der Waals surface area contributed by atoms with E-state index in [-0.39, 0.29) is 11.9 Å². The molecule has 24 heavy (non-hydrogen) atoms. The van der Waals surface area contributed by atoms with Gasteiger partial charge in [-0.3, -0.25) is 4.79 Å². The average molecular weight is 340 g/mol. The zero-order valence-electron chi connectivity index (χ0n) is 14.0.